The van der Waals surface area contributed by atoms with Gasteiger partial charge in [-0.25, -0.2) is 4.98 Å². The van der Waals surface area contributed by atoms with Gasteiger partial charge in [0.25, 0.3) is 0 Å². The zero-order chi connectivity index (χ0) is 16.5. The van der Waals surface area contributed by atoms with Crippen LogP contribution in [0, 0.1) is 0 Å². The Morgan fingerprint density at radius 1 is 1.17 bits per heavy atom. The molecule has 0 aliphatic rings. The van der Waals surface area contributed by atoms with Crippen molar-refractivity contribution in [3.05, 3.63) is 66.6 Å². The Morgan fingerprint density at radius 3 is 2.83 bits per heavy atom. The van der Waals surface area contributed by atoms with Crippen molar-refractivity contribution in [2.24, 2.45) is 7.05 Å². The van der Waals surface area contributed by atoms with Crippen LogP contribution in [0.25, 0.3) is 27.2 Å². The number of pyridine rings is 1. The summed E-state index contributed by atoms with van der Waals surface area (Å²) >= 11 is 1.61. The number of thiazole rings is 1. The van der Waals surface area contributed by atoms with Crippen molar-refractivity contribution in [3.8, 4) is 10.6 Å². The van der Waals surface area contributed by atoms with Gasteiger partial charge in [-0.2, -0.15) is 5.10 Å². The molecule has 0 aliphatic carbocycles. The third-order valence-electron chi connectivity index (χ3n) is 3.79. The highest BCUT2D eigenvalue weighted by atomic mass is 32.1. The molecule has 6 heteroatoms. The average molecular weight is 333 g/mol. The first-order chi connectivity index (χ1) is 11.7. The van der Waals surface area contributed by atoms with Crippen molar-refractivity contribution in [2.75, 3.05) is 5.32 Å². The van der Waals surface area contributed by atoms with Gasteiger partial charge in [-0.3, -0.25) is 9.67 Å². The molecule has 0 aliphatic heterocycles. The molecule has 3 aromatic heterocycles. The molecule has 0 radical (unpaired) electrons. The molecule has 5 nitrogen and oxygen atoms in total. The Balaban J connectivity index is 1.63. The van der Waals surface area contributed by atoms with E-state index in [0.717, 1.165) is 38.6 Å². The highest BCUT2D eigenvalue weighted by Crippen LogP contribution is 2.26. The maximum absolute atomic E-state index is 4.56. The number of nitrogens with zero attached hydrogens (tertiary/aromatic N) is 4. The number of rotatable bonds is 4. The summed E-state index contributed by atoms with van der Waals surface area (Å²) in [6, 6.07) is 10.1. The molecule has 0 unspecified atom stereocenters. The average Bonchev–Trinajstić information content (AvgIpc) is 3.26. The molecule has 4 aromatic rings. The quantitative estimate of drug-likeness (QED) is 0.609. The smallest absolute Gasteiger partial charge is 0.124 e. The molecule has 4 rings (SSSR count). The SMILES string of the molecule is C=C(Nc1ccc2cc(-c3nccs3)cnc2c1)c1ccnn1C. The first-order valence-electron chi connectivity index (χ1n) is 7.45. The summed E-state index contributed by atoms with van der Waals surface area (Å²) in [4.78, 5) is 8.90. The molecule has 1 aromatic carbocycles. The predicted octanol–water partition coefficient (Wildman–Crippen LogP) is 4.17. The first kappa shape index (κ1) is 14.6. The van der Waals surface area contributed by atoms with Crippen LogP contribution in [0.4, 0.5) is 5.69 Å². The summed E-state index contributed by atoms with van der Waals surface area (Å²) in [6.45, 7) is 4.08. The fourth-order valence-electron chi connectivity index (χ4n) is 2.59. The third kappa shape index (κ3) is 2.68. The van der Waals surface area contributed by atoms with E-state index in [1.165, 1.54) is 0 Å². The topological polar surface area (TPSA) is 55.6 Å². The number of anilines is 1. The highest BCUT2D eigenvalue weighted by Gasteiger charge is 2.06. The van der Waals surface area contributed by atoms with E-state index in [-0.39, 0.29) is 0 Å². The Morgan fingerprint density at radius 2 is 2.08 bits per heavy atom. The number of aromatic nitrogens is 4. The Kier molecular flexibility index (Phi) is 3.59. The predicted molar refractivity (Wildman–Crippen MR) is 98.7 cm³/mol. The zero-order valence-electron chi connectivity index (χ0n) is 13.1. The van der Waals surface area contributed by atoms with E-state index >= 15 is 0 Å². The van der Waals surface area contributed by atoms with Crippen molar-refractivity contribution >= 4 is 33.6 Å². The Bertz CT molecular complexity index is 1020. The van der Waals surface area contributed by atoms with Crippen LogP contribution in [0.3, 0.4) is 0 Å². The highest BCUT2D eigenvalue weighted by molar-refractivity contribution is 7.13. The van der Waals surface area contributed by atoms with Crippen molar-refractivity contribution < 1.29 is 0 Å². The molecule has 0 saturated carbocycles. The van der Waals surface area contributed by atoms with Crippen LogP contribution in [0.5, 0.6) is 0 Å². The fourth-order valence-corrected chi connectivity index (χ4v) is 3.21. The van der Waals surface area contributed by atoms with Gasteiger partial charge < -0.3 is 5.32 Å². The minimum Gasteiger partial charge on any atom is -0.354 e. The molecular weight excluding hydrogens is 318 g/mol. The van der Waals surface area contributed by atoms with E-state index in [0.29, 0.717) is 0 Å². The number of fused-ring (bicyclic) bond motifs is 1. The lowest BCUT2D eigenvalue weighted by Gasteiger charge is -2.10. The second-order valence-electron chi connectivity index (χ2n) is 5.41. The second-order valence-corrected chi connectivity index (χ2v) is 6.31. The first-order valence-corrected chi connectivity index (χ1v) is 8.33. The van der Waals surface area contributed by atoms with Crippen LogP contribution in [0.15, 0.2) is 60.9 Å². The maximum atomic E-state index is 4.56. The van der Waals surface area contributed by atoms with Gasteiger partial charge in [-0.15, -0.1) is 11.3 Å². The van der Waals surface area contributed by atoms with Crippen LogP contribution < -0.4 is 5.32 Å². The van der Waals surface area contributed by atoms with Crippen LogP contribution in [0.2, 0.25) is 0 Å². The normalized spacial score (nSPS) is 10.9. The Labute approximate surface area is 143 Å². The van der Waals surface area contributed by atoms with Gasteiger partial charge in [0.15, 0.2) is 0 Å². The van der Waals surface area contributed by atoms with Crippen molar-refractivity contribution in [2.45, 2.75) is 0 Å². The molecule has 1 N–H and O–H groups in total. The molecular formula is C18H15N5S. The van der Waals surface area contributed by atoms with E-state index in [2.05, 4.69) is 39.1 Å². The molecule has 0 saturated heterocycles. The lowest BCUT2D eigenvalue weighted by Crippen LogP contribution is -2.03. The summed E-state index contributed by atoms with van der Waals surface area (Å²) in [7, 11) is 1.89. The summed E-state index contributed by atoms with van der Waals surface area (Å²) in [5.41, 5.74) is 4.66. The maximum Gasteiger partial charge on any atom is 0.124 e. The summed E-state index contributed by atoms with van der Waals surface area (Å²) in [6.07, 6.45) is 5.42. The van der Waals surface area contributed by atoms with Crippen LogP contribution in [0.1, 0.15) is 5.69 Å². The summed E-state index contributed by atoms with van der Waals surface area (Å²) in [5, 5.41) is 11.5. The number of hydrogen-bond acceptors (Lipinski definition) is 5. The van der Waals surface area contributed by atoms with Crippen LogP contribution in [-0.4, -0.2) is 19.7 Å². The molecule has 3 heterocycles. The van der Waals surface area contributed by atoms with E-state index in [1.54, 1.807) is 28.4 Å². The van der Waals surface area contributed by atoms with E-state index in [9.17, 15) is 0 Å². The lowest BCUT2D eigenvalue weighted by molar-refractivity contribution is 0.756. The van der Waals surface area contributed by atoms with Gasteiger partial charge in [0, 0.05) is 47.7 Å². The van der Waals surface area contributed by atoms with Gasteiger partial charge in [0.1, 0.15) is 5.01 Å². The third-order valence-corrected chi connectivity index (χ3v) is 4.61. The molecule has 0 amide bonds. The number of nitrogens with one attached hydrogen (secondary N) is 1. The van der Waals surface area contributed by atoms with Crippen LogP contribution in [-0.2, 0) is 7.05 Å². The van der Waals surface area contributed by atoms with Gasteiger partial charge in [-0.05, 0) is 24.3 Å². The summed E-state index contributed by atoms with van der Waals surface area (Å²) < 4.78 is 1.79. The fraction of sp³-hybridized carbons (Fsp3) is 0.0556. The number of aryl methyl sites for hydroxylation is 1. The second kappa shape index (κ2) is 5.90. The molecule has 0 spiro atoms. The van der Waals surface area contributed by atoms with Gasteiger partial charge in [0.2, 0.25) is 0 Å². The molecule has 24 heavy (non-hydrogen) atoms. The van der Waals surface area contributed by atoms with Crippen molar-refractivity contribution in [3.63, 3.8) is 0 Å². The lowest BCUT2D eigenvalue weighted by atomic mass is 10.1. The van der Waals surface area contributed by atoms with Crippen LogP contribution >= 0.6 is 11.3 Å². The molecule has 0 bridgehead atoms. The number of hydrogen-bond donors (Lipinski definition) is 1. The monoisotopic (exact) mass is 333 g/mol. The largest absolute Gasteiger partial charge is 0.354 e. The van der Waals surface area contributed by atoms with E-state index in [4.69, 9.17) is 0 Å². The van der Waals surface area contributed by atoms with Crippen molar-refractivity contribution in [1.29, 1.82) is 0 Å². The Hall–Kier alpha value is -2.99. The molecule has 118 valence electrons. The molecule has 0 atom stereocenters. The minimum atomic E-state index is 0.800. The van der Waals surface area contributed by atoms with Crippen molar-refractivity contribution in [1.82, 2.24) is 19.7 Å². The van der Waals surface area contributed by atoms with Gasteiger partial charge in [0.05, 0.1) is 16.9 Å². The number of benzene rings is 1. The molecule has 0 fully saturated rings. The van der Waals surface area contributed by atoms with Gasteiger partial charge in [-0.1, -0.05) is 12.6 Å². The van der Waals surface area contributed by atoms with E-state index in [1.807, 2.05) is 36.8 Å². The standard InChI is InChI=1S/C18H15N5S/c1-12(17-5-6-21-23(17)2)22-15-4-3-13-9-14(11-20-16(13)10-15)18-19-7-8-24-18/h3-11,22H,1H2,2H3. The summed E-state index contributed by atoms with van der Waals surface area (Å²) in [5.74, 6) is 0. The zero-order valence-corrected chi connectivity index (χ0v) is 13.9. The van der Waals surface area contributed by atoms with E-state index < -0.39 is 0 Å². The minimum absolute atomic E-state index is 0.800. The van der Waals surface area contributed by atoms with Gasteiger partial charge >= 0.3 is 0 Å².